The molecule has 0 saturated heterocycles. The van der Waals surface area contributed by atoms with Crippen LogP contribution in [0.2, 0.25) is 0 Å². The summed E-state index contributed by atoms with van der Waals surface area (Å²) in [6.07, 6.45) is 1.63. The summed E-state index contributed by atoms with van der Waals surface area (Å²) in [5, 5.41) is 17.9. The Labute approximate surface area is 136 Å². The molecule has 0 unspecified atom stereocenters. The molecule has 0 bridgehead atoms. The number of nitrogens with zero attached hydrogens (tertiary/aromatic N) is 5. The maximum absolute atomic E-state index is 11.8. The van der Waals surface area contributed by atoms with Crippen LogP contribution in [0.3, 0.4) is 0 Å². The summed E-state index contributed by atoms with van der Waals surface area (Å²) in [5.74, 6) is 0.170. The number of thiophene rings is 1. The van der Waals surface area contributed by atoms with Crippen molar-refractivity contribution in [2.24, 2.45) is 5.10 Å². The second kappa shape index (κ2) is 6.93. The molecule has 3 rings (SSSR count). The van der Waals surface area contributed by atoms with Crippen LogP contribution in [0.5, 0.6) is 0 Å². The minimum absolute atomic E-state index is 0.0411. The summed E-state index contributed by atoms with van der Waals surface area (Å²) < 4.78 is 0. The number of aromatic nitrogens is 4. The van der Waals surface area contributed by atoms with Crippen LogP contribution in [0.25, 0.3) is 11.4 Å². The van der Waals surface area contributed by atoms with Gasteiger partial charge in [-0.2, -0.15) is 9.90 Å². The van der Waals surface area contributed by atoms with Crippen molar-refractivity contribution in [2.45, 2.75) is 13.5 Å². The Bertz CT molecular complexity index is 823. The number of amides is 1. The maximum atomic E-state index is 11.8. The minimum Gasteiger partial charge on any atom is -0.271 e. The largest absolute Gasteiger partial charge is 0.271 e. The van der Waals surface area contributed by atoms with Crippen molar-refractivity contribution in [3.8, 4) is 11.4 Å². The van der Waals surface area contributed by atoms with Gasteiger partial charge in [-0.25, -0.2) is 5.43 Å². The number of hydrogen-bond acceptors (Lipinski definition) is 6. The van der Waals surface area contributed by atoms with Crippen molar-refractivity contribution in [3.05, 3.63) is 52.2 Å². The normalized spacial score (nSPS) is 11.0. The van der Waals surface area contributed by atoms with E-state index in [1.807, 2.05) is 48.7 Å². The third-order valence-corrected chi connectivity index (χ3v) is 4.00. The lowest BCUT2D eigenvalue weighted by Gasteiger charge is -1.98. The molecule has 0 saturated carbocycles. The predicted molar refractivity (Wildman–Crippen MR) is 88.0 cm³/mol. The van der Waals surface area contributed by atoms with Crippen LogP contribution in [-0.4, -0.2) is 32.3 Å². The van der Waals surface area contributed by atoms with E-state index in [2.05, 4.69) is 25.9 Å². The molecule has 7 nitrogen and oxygen atoms in total. The van der Waals surface area contributed by atoms with Crippen LogP contribution < -0.4 is 5.43 Å². The molecular weight excluding hydrogens is 312 g/mol. The molecule has 0 aliphatic rings. The van der Waals surface area contributed by atoms with E-state index in [9.17, 15) is 4.79 Å². The summed E-state index contributed by atoms with van der Waals surface area (Å²) in [4.78, 5) is 14.1. The van der Waals surface area contributed by atoms with Gasteiger partial charge in [0.2, 0.25) is 5.82 Å². The van der Waals surface area contributed by atoms with Gasteiger partial charge in [-0.15, -0.1) is 21.5 Å². The molecule has 3 aromatic rings. The zero-order valence-corrected chi connectivity index (χ0v) is 13.2. The van der Waals surface area contributed by atoms with E-state index in [0.717, 1.165) is 16.0 Å². The molecule has 0 spiro atoms. The monoisotopic (exact) mass is 326 g/mol. The van der Waals surface area contributed by atoms with Gasteiger partial charge < -0.3 is 0 Å². The molecule has 0 aliphatic carbocycles. The summed E-state index contributed by atoms with van der Waals surface area (Å²) in [6, 6.07) is 11.5. The number of hydrogen-bond donors (Lipinski definition) is 1. The fourth-order valence-electron chi connectivity index (χ4n) is 1.86. The van der Waals surface area contributed by atoms with Crippen LogP contribution >= 0.6 is 11.3 Å². The summed E-state index contributed by atoms with van der Waals surface area (Å²) in [5.41, 5.74) is 4.43. The SMILES string of the molecule is Cc1ccsc1/C=N\NC(=O)Cn1nnc(-c2ccccc2)n1. The van der Waals surface area contributed by atoms with Gasteiger partial charge >= 0.3 is 0 Å². The van der Waals surface area contributed by atoms with Gasteiger partial charge in [0.05, 0.1) is 6.21 Å². The first-order chi connectivity index (χ1) is 11.2. The highest BCUT2D eigenvalue weighted by atomic mass is 32.1. The number of nitrogens with one attached hydrogen (secondary N) is 1. The molecule has 0 fully saturated rings. The number of carbonyl (C=O) groups excluding carboxylic acids is 1. The van der Waals surface area contributed by atoms with E-state index in [1.165, 1.54) is 4.80 Å². The van der Waals surface area contributed by atoms with Gasteiger partial charge in [0, 0.05) is 10.4 Å². The molecule has 8 heteroatoms. The number of hydrazone groups is 1. The number of carbonyl (C=O) groups is 1. The number of rotatable bonds is 5. The zero-order valence-electron chi connectivity index (χ0n) is 12.4. The molecule has 116 valence electrons. The molecule has 1 amide bonds. The topological polar surface area (TPSA) is 85.1 Å². The summed E-state index contributed by atoms with van der Waals surface area (Å²) in [6.45, 7) is 1.95. The van der Waals surface area contributed by atoms with E-state index in [1.54, 1.807) is 17.6 Å². The Balaban J connectivity index is 1.57. The fraction of sp³-hybridized carbons (Fsp3) is 0.133. The molecule has 2 heterocycles. The lowest BCUT2D eigenvalue weighted by molar-refractivity contribution is -0.122. The van der Waals surface area contributed by atoms with Crippen molar-refractivity contribution in [3.63, 3.8) is 0 Å². The Morgan fingerprint density at radius 3 is 2.91 bits per heavy atom. The second-order valence-electron chi connectivity index (χ2n) is 4.77. The molecular formula is C15H14N6OS. The number of tetrazole rings is 1. The highest BCUT2D eigenvalue weighted by Gasteiger charge is 2.08. The number of aryl methyl sites for hydroxylation is 1. The van der Waals surface area contributed by atoms with Gasteiger partial charge in [-0.3, -0.25) is 4.79 Å². The third kappa shape index (κ3) is 3.86. The van der Waals surface area contributed by atoms with Gasteiger partial charge in [-0.05, 0) is 29.1 Å². The summed E-state index contributed by atoms with van der Waals surface area (Å²) >= 11 is 1.57. The van der Waals surface area contributed by atoms with E-state index >= 15 is 0 Å². The Morgan fingerprint density at radius 1 is 1.35 bits per heavy atom. The van der Waals surface area contributed by atoms with Crippen LogP contribution in [-0.2, 0) is 11.3 Å². The summed E-state index contributed by atoms with van der Waals surface area (Å²) in [7, 11) is 0. The van der Waals surface area contributed by atoms with E-state index in [-0.39, 0.29) is 12.5 Å². The van der Waals surface area contributed by atoms with Crippen LogP contribution in [0.15, 0.2) is 46.9 Å². The zero-order chi connectivity index (χ0) is 16.1. The van der Waals surface area contributed by atoms with Gasteiger partial charge in [0.15, 0.2) is 0 Å². The Morgan fingerprint density at radius 2 is 2.17 bits per heavy atom. The van der Waals surface area contributed by atoms with Crippen LogP contribution in [0.1, 0.15) is 10.4 Å². The lowest BCUT2D eigenvalue weighted by Crippen LogP contribution is -2.24. The van der Waals surface area contributed by atoms with Gasteiger partial charge in [0.1, 0.15) is 6.54 Å². The number of benzene rings is 1. The molecule has 23 heavy (non-hydrogen) atoms. The van der Waals surface area contributed by atoms with Gasteiger partial charge in [0.25, 0.3) is 5.91 Å². The maximum Gasteiger partial charge on any atom is 0.263 e. The molecule has 0 aliphatic heterocycles. The van der Waals surface area contributed by atoms with Crippen molar-refractivity contribution >= 4 is 23.5 Å². The molecule has 2 aromatic heterocycles. The van der Waals surface area contributed by atoms with E-state index in [4.69, 9.17) is 0 Å². The third-order valence-electron chi connectivity index (χ3n) is 3.04. The molecule has 1 N–H and O–H groups in total. The van der Waals surface area contributed by atoms with Crippen molar-refractivity contribution < 1.29 is 4.79 Å². The average molecular weight is 326 g/mol. The highest BCUT2D eigenvalue weighted by Crippen LogP contribution is 2.12. The first-order valence-corrected chi connectivity index (χ1v) is 7.79. The van der Waals surface area contributed by atoms with Gasteiger partial charge in [-0.1, -0.05) is 30.3 Å². The fourth-order valence-corrected chi connectivity index (χ4v) is 2.64. The van der Waals surface area contributed by atoms with Crippen molar-refractivity contribution in [1.82, 2.24) is 25.6 Å². The first-order valence-electron chi connectivity index (χ1n) is 6.91. The van der Waals surface area contributed by atoms with Crippen molar-refractivity contribution in [2.75, 3.05) is 0 Å². The predicted octanol–water partition coefficient (Wildman–Crippen LogP) is 1.86. The molecule has 0 atom stereocenters. The van der Waals surface area contributed by atoms with E-state index < -0.39 is 0 Å². The average Bonchev–Trinajstić information content (AvgIpc) is 3.18. The van der Waals surface area contributed by atoms with E-state index in [0.29, 0.717) is 5.82 Å². The Kier molecular flexibility index (Phi) is 4.53. The quantitative estimate of drug-likeness (QED) is 0.573. The first kappa shape index (κ1) is 15.0. The Hall–Kier alpha value is -2.87. The lowest BCUT2D eigenvalue weighted by atomic mass is 10.2. The standard InChI is InChI=1S/C15H14N6OS/c1-11-7-8-23-13(11)9-16-17-14(22)10-21-19-15(18-20-21)12-5-3-2-4-6-12/h2-9H,10H2,1H3,(H,17,22)/b16-9-. The van der Waals surface area contributed by atoms with Crippen LogP contribution in [0.4, 0.5) is 0 Å². The minimum atomic E-state index is -0.313. The highest BCUT2D eigenvalue weighted by molar-refractivity contribution is 7.11. The molecule has 0 radical (unpaired) electrons. The second-order valence-corrected chi connectivity index (χ2v) is 5.72. The van der Waals surface area contributed by atoms with Crippen molar-refractivity contribution in [1.29, 1.82) is 0 Å². The molecule has 1 aromatic carbocycles. The smallest absolute Gasteiger partial charge is 0.263 e. The van der Waals surface area contributed by atoms with Crippen LogP contribution in [0, 0.1) is 6.92 Å².